The molecule has 27 heteroatoms. The van der Waals surface area contributed by atoms with Gasteiger partial charge in [-0.3, -0.25) is 18.2 Å². The van der Waals surface area contributed by atoms with Gasteiger partial charge in [0.1, 0.15) is 0 Å². The van der Waals surface area contributed by atoms with Gasteiger partial charge in [-0.15, -0.1) is 12.4 Å². The zero-order valence-corrected chi connectivity index (χ0v) is 19.0. The predicted octanol–water partition coefficient (Wildman–Crippen LogP) is -1.15. The van der Waals surface area contributed by atoms with E-state index in [9.17, 15) is 0 Å². The largest absolute Gasteiger partial charge is 0.503 e. The first-order valence-corrected chi connectivity index (χ1v) is 5.94. The maximum Gasteiger partial charge on any atom is 0.503 e. The van der Waals surface area contributed by atoms with Crippen molar-refractivity contribution in [2.75, 3.05) is 0 Å². The summed E-state index contributed by atoms with van der Waals surface area (Å²) in [4.78, 5) is 25.1. The van der Waals surface area contributed by atoms with Crippen LogP contribution in [0.15, 0.2) is 0 Å². The van der Waals surface area contributed by atoms with Crippen LogP contribution in [0.1, 0.15) is 0 Å². The maximum atomic E-state index is 8.74. The van der Waals surface area contributed by atoms with E-state index in [4.69, 9.17) is 80.7 Å². The first-order valence-electron chi connectivity index (χ1n) is 3.14. The first-order chi connectivity index (χ1) is 9.20. The molecule has 0 unspecified atom stereocenters. The molecule has 0 aromatic carbocycles. The van der Waals surface area contributed by atoms with Gasteiger partial charge in [-0.25, -0.2) is 4.79 Å². The monoisotopic (exact) mass is 713 g/mol. The Hall–Kier alpha value is 0.245. The van der Waals surface area contributed by atoms with Crippen LogP contribution in [0.25, 0.3) is 0 Å². The van der Waals surface area contributed by atoms with Gasteiger partial charge in [-0.2, -0.15) is 16.8 Å². The zero-order chi connectivity index (χ0) is 19.7. The molecule has 0 saturated carbocycles. The smallest absolute Gasteiger partial charge is 0.450 e. The van der Waals surface area contributed by atoms with Crippen LogP contribution in [-0.4, -0.2) is 61.6 Å². The van der Waals surface area contributed by atoms with Gasteiger partial charge in [-0.1, -0.05) is 0 Å². The summed E-state index contributed by atoms with van der Waals surface area (Å²) in [6.45, 7) is 0. The van der Waals surface area contributed by atoms with Gasteiger partial charge >= 0.3 is 27.0 Å². The first kappa shape index (κ1) is 70.5. The summed E-state index contributed by atoms with van der Waals surface area (Å²) in [5.74, 6) is 0. The molecule has 6 N–H and O–H groups in total. The van der Waals surface area contributed by atoms with Crippen molar-refractivity contribution < 1.29 is 144 Å². The molecule has 0 aliphatic carbocycles. The van der Waals surface area contributed by atoms with E-state index in [0.717, 1.165) is 0 Å². The molecule has 191 valence electrons. The Morgan fingerprint density at radius 1 is 0.714 bits per heavy atom. The van der Waals surface area contributed by atoms with E-state index in [1.807, 2.05) is 0 Å². The van der Waals surface area contributed by atoms with Crippen LogP contribution in [0.4, 0.5) is 4.79 Å². The second-order valence-electron chi connectivity index (χ2n) is 1.63. The van der Waals surface area contributed by atoms with Gasteiger partial charge < -0.3 is 40.9 Å². The second kappa shape index (κ2) is 41.6. The quantitative estimate of drug-likeness (QED) is 0.0746. The van der Waals surface area contributed by atoms with Crippen molar-refractivity contribution in [1.82, 2.24) is 0 Å². The maximum absolute atomic E-state index is 8.74. The normalized spacial score (nSPS) is 6.71. The van der Waals surface area contributed by atoms with E-state index in [1.165, 1.54) is 0 Å². The number of halogens is 1. The average molecular weight is 715 g/mol. The van der Waals surface area contributed by atoms with Crippen LogP contribution in [0.2, 0.25) is 0 Å². The SMILES string of the molecule is Cl.O=C(O)O.O=S(=O)(O)O.O=S(=O)(O)O.O=[N+]([O-])[O-].O=[N+]([O-])[O-].[Co].[Co].[Cu].[Fe].[Ni]. The minimum absolute atomic E-state index is 0. The third-order valence-electron chi connectivity index (χ3n) is 0. The second-order valence-corrected chi connectivity index (χ2v) is 3.42. The van der Waals surface area contributed by atoms with Gasteiger partial charge in [0.25, 0.3) is 0 Å². The number of hydrogen-bond acceptors (Lipinski definition) is 11. The van der Waals surface area contributed by atoms with E-state index < -0.39 is 37.1 Å². The van der Waals surface area contributed by atoms with Crippen LogP contribution in [-0.2, 0) is 105 Å². The molecule has 3 radical (unpaired) electrons. The molecule has 28 heavy (non-hydrogen) atoms. The Morgan fingerprint density at radius 2 is 0.714 bits per heavy atom. The minimum atomic E-state index is -4.67. The molecule has 0 fully saturated rings. The van der Waals surface area contributed by atoms with E-state index in [1.54, 1.807) is 0 Å². The van der Waals surface area contributed by atoms with Crippen LogP contribution in [0, 0.1) is 30.6 Å². The topological polar surface area (TPSA) is 339 Å². The molecule has 0 spiro atoms. The van der Waals surface area contributed by atoms with Gasteiger partial charge in [0.05, 0.1) is 10.2 Å². The molecule has 0 bridgehead atoms. The fourth-order valence-corrected chi connectivity index (χ4v) is 0. The molecule has 19 nitrogen and oxygen atoms in total. The van der Waals surface area contributed by atoms with Crippen molar-refractivity contribution in [3.05, 3.63) is 30.6 Å². The van der Waals surface area contributed by atoms with Gasteiger partial charge in [0.15, 0.2) is 0 Å². The van der Waals surface area contributed by atoms with Gasteiger partial charge in [-0.05, 0) is 0 Å². The Morgan fingerprint density at radius 3 is 0.714 bits per heavy atom. The molecule has 0 heterocycles. The number of carbonyl (C=O) groups is 1. The summed E-state index contributed by atoms with van der Waals surface area (Å²) in [5, 5.41) is 43.4. The van der Waals surface area contributed by atoms with Crippen LogP contribution >= 0.6 is 12.4 Å². The van der Waals surface area contributed by atoms with Gasteiger partial charge in [0.2, 0.25) is 0 Å². The molecule has 0 rings (SSSR count). The molecule has 0 saturated heterocycles. The molecule has 0 aromatic heterocycles. The Bertz CT molecular complexity index is 445. The van der Waals surface area contributed by atoms with E-state index in [-0.39, 0.29) is 96.6 Å². The third kappa shape index (κ3) is 278000. The summed E-state index contributed by atoms with van der Waals surface area (Å²) in [6.07, 6.45) is -1.83. The molecule has 0 aliphatic heterocycles. The van der Waals surface area contributed by atoms with Crippen LogP contribution < -0.4 is 0 Å². The standard InChI is InChI=1S/CH2O3.ClH.2Co.Cu.Fe.2NO3.Ni.2H2O4S/c2-1(3)4;;;;;;2*2-1(3)4;;2*1-5(2,3)4/h(H2,2,3,4);1H;;;;;;;;2*(H2,1,2,3,4)/q;;;;;;2*-1;;;. The molecule has 0 aliphatic rings. The average Bonchev–Trinajstić information content (AvgIpc) is 1.88. The number of hydrogen-bond donors (Lipinski definition) is 6. The van der Waals surface area contributed by atoms with E-state index >= 15 is 0 Å². The molecule has 0 aromatic rings. The van der Waals surface area contributed by atoms with Crippen LogP contribution in [0.3, 0.4) is 0 Å². The summed E-state index contributed by atoms with van der Waals surface area (Å²) in [7, 11) is -9.33. The molecule has 0 atom stereocenters. The third-order valence-corrected chi connectivity index (χ3v) is 0. The fraction of sp³-hybridized carbons (Fsp3) is 0. The van der Waals surface area contributed by atoms with Crippen molar-refractivity contribution in [1.29, 1.82) is 0 Å². The minimum Gasteiger partial charge on any atom is -0.450 e. The van der Waals surface area contributed by atoms with E-state index in [0.29, 0.717) is 0 Å². The molecular formula is CH7ClCo2CuFeN2NiO17S2-2. The Labute approximate surface area is 213 Å². The molecule has 0 amide bonds. The fourth-order valence-electron chi connectivity index (χ4n) is 0. The van der Waals surface area contributed by atoms with E-state index in [2.05, 4.69) is 0 Å². The predicted molar refractivity (Wildman–Crippen MR) is 67.0 cm³/mol. The Kier molecular flexibility index (Phi) is 105. The zero-order valence-electron chi connectivity index (χ0n) is 11.4. The molecular weight excluding hydrogens is 708 g/mol. The Balaban J connectivity index is -0.0000000137. The van der Waals surface area contributed by atoms with Crippen molar-refractivity contribution in [3.8, 4) is 0 Å². The van der Waals surface area contributed by atoms with Gasteiger partial charge in [0, 0.05) is 84.2 Å². The number of nitrogens with zero attached hydrogens (tertiary/aromatic N) is 2. The summed E-state index contributed by atoms with van der Waals surface area (Å²) < 4.78 is 63.2. The van der Waals surface area contributed by atoms with Crippen molar-refractivity contribution in [3.63, 3.8) is 0 Å². The van der Waals surface area contributed by atoms with Crippen molar-refractivity contribution in [2.24, 2.45) is 0 Å². The summed E-state index contributed by atoms with van der Waals surface area (Å²) >= 11 is 0. The number of rotatable bonds is 0. The van der Waals surface area contributed by atoms with Crippen molar-refractivity contribution in [2.45, 2.75) is 0 Å². The van der Waals surface area contributed by atoms with Crippen molar-refractivity contribution >= 4 is 39.4 Å². The number of carboxylic acid groups (broad SMARTS) is 2. The summed E-state index contributed by atoms with van der Waals surface area (Å²) in [5.41, 5.74) is 0. The summed E-state index contributed by atoms with van der Waals surface area (Å²) in [6, 6.07) is 0. The van der Waals surface area contributed by atoms with Crippen LogP contribution in [0.5, 0.6) is 0 Å².